The summed E-state index contributed by atoms with van der Waals surface area (Å²) in [4.78, 5) is 0. The van der Waals surface area contributed by atoms with Crippen molar-refractivity contribution in [2.24, 2.45) is 7.05 Å². The molecule has 3 nitrogen and oxygen atoms in total. The zero-order chi connectivity index (χ0) is 27.4. The summed E-state index contributed by atoms with van der Waals surface area (Å²) in [6.45, 7) is 1.83. The molecule has 0 unspecified atom stereocenters. The Morgan fingerprint density at radius 3 is 2.36 bits per heavy atom. The molecule has 172 valence electrons. The van der Waals surface area contributed by atoms with Crippen molar-refractivity contribution in [3.05, 3.63) is 114 Å². The van der Waals surface area contributed by atoms with Crippen molar-refractivity contribution in [1.82, 2.24) is 0 Å². The second-order valence-corrected chi connectivity index (χ2v) is 8.78. The molecule has 2 aromatic heterocycles. The van der Waals surface area contributed by atoms with Crippen molar-refractivity contribution in [3.63, 3.8) is 0 Å². The highest BCUT2D eigenvalue weighted by molar-refractivity contribution is 6.13. The molecule has 6 rings (SSSR count). The summed E-state index contributed by atoms with van der Waals surface area (Å²) < 4.78 is 47.2. The van der Waals surface area contributed by atoms with Crippen LogP contribution in [0.15, 0.2) is 102 Å². The molecule has 0 spiro atoms. The van der Waals surface area contributed by atoms with Gasteiger partial charge in [-0.25, -0.2) is 8.96 Å². The molecule has 2 heterocycles. The van der Waals surface area contributed by atoms with Gasteiger partial charge in [-0.2, -0.15) is 5.26 Å². The number of rotatable bonds is 3. The summed E-state index contributed by atoms with van der Waals surface area (Å²) in [6, 6.07) is 26.6. The van der Waals surface area contributed by atoms with Crippen LogP contribution in [-0.4, -0.2) is 0 Å². The maximum Gasteiger partial charge on any atom is 0.219 e. The van der Waals surface area contributed by atoms with Crippen molar-refractivity contribution < 1.29 is 17.5 Å². The lowest BCUT2D eigenvalue weighted by molar-refractivity contribution is -0.660. The molecule has 0 amide bonds. The monoisotopic (exact) mass is 472 g/mol. The van der Waals surface area contributed by atoms with E-state index in [0.717, 1.165) is 33.2 Å². The van der Waals surface area contributed by atoms with Crippen molar-refractivity contribution in [1.29, 1.82) is 5.26 Å². The van der Waals surface area contributed by atoms with Gasteiger partial charge in [-0.3, -0.25) is 0 Å². The molecule has 0 aliphatic carbocycles. The number of fused-ring (bicyclic) bond motifs is 3. The van der Waals surface area contributed by atoms with Gasteiger partial charge >= 0.3 is 0 Å². The Morgan fingerprint density at radius 2 is 1.61 bits per heavy atom. The third-order valence-electron chi connectivity index (χ3n) is 6.52. The first-order valence-electron chi connectivity index (χ1n) is 13.0. The second kappa shape index (κ2) is 8.48. The van der Waals surface area contributed by atoms with Crippen LogP contribution in [0, 0.1) is 24.1 Å². The smallest absolute Gasteiger partial charge is 0.219 e. The molecule has 36 heavy (non-hydrogen) atoms. The molecular formula is C32H22FN2O+. The first kappa shape index (κ1) is 18.6. The van der Waals surface area contributed by atoms with E-state index >= 15 is 0 Å². The van der Waals surface area contributed by atoms with E-state index < -0.39 is 17.9 Å². The summed E-state index contributed by atoms with van der Waals surface area (Å²) >= 11 is 0. The van der Waals surface area contributed by atoms with Crippen LogP contribution in [0.3, 0.4) is 0 Å². The number of halogens is 1. The summed E-state index contributed by atoms with van der Waals surface area (Å²) in [5.74, 6) is -1.05. The van der Waals surface area contributed by atoms with Crippen LogP contribution >= 0.6 is 0 Å². The molecule has 4 aromatic carbocycles. The van der Waals surface area contributed by atoms with Gasteiger partial charge in [0.15, 0.2) is 6.17 Å². The van der Waals surface area contributed by atoms with Crippen LogP contribution in [0.4, 0.5) is 4.39 Å². The Labute approximate surface area is 212 Å². The molecule has 0 aliphatic heterocycles. The Morgan fingerprint density at radius 1 is 0.889 bits per heavy atom. The van der Waals surface area contributed by atoms with Crippen molar-refractivity contribution in [3.8, 4) is 39.6 Å². The summed E-state index contributed by atoms with van der Waals surface area (Å²) in [6.07, 6.45) is -0.336. The Kier molecular flexibility index (Phi) is 4.37. The molecule has 0 fully saturated rings. The molecule has 0 radical (unpaired) electrons. The van der Waals surface area contributed by atoms with E-state index in [0.29, 0.717) is 27.7 Å². The van der Waals surface area contributed by atoms with Crippen LogP contribution in [0.25, 0.3) is 55.4 Å². The van der Waals surface area contributed by atoms with Crippen LogP contribution in [-0.2, 0) is 7.05 Å². The number of hydrogen-bond acceptors (Lipinski definition) is 2. The zero-order valence-electron chi connectivity index (χ0n) is 22.7. The number of hydrogen-bond donors (Lipinski definition) is 0. The van der Waals surface area contributed by atoms with Crippen molar-refractivity contribution in [2.75, 3.05) is 0 Å². The van der Waals surface area contributed by atoms with Gasteiger partial charge in [0.1, 0.15) is 25.4 Å². The van der Waals surface area contributed by atoms with E-state index in [4.69, 9.17) is 8.53 Å². The minimum atomic E-state index is -1.05. The fourth-order valence-electron chi connectivity index (χ4n) is 4.72. The van der Waals surface area contributed by atoms with E-state index in [1.807, 2.05) is 73.7 Å². The van der Waals surface area contributed by atoms with Gasteiger partial charge < -0.3 is 4.42 Å². The second-order valence-electron chi connectivity index (χ2n) is 8.78. The molecule has 0 bridgehead atoms. The number of nitrogens with zero attached hydrogens (tertiary/aromatic N) is 2. The summed E-state index contributed by atoms with van der Waals surface area (Å²) in [5.41, 5.74) is 6.63. The van der Waals surface area contributed by atoms with Gasteiger partial charge in [0, 0.05) is 28.4 Å². The van der Waals surface area contributed by atoms with Gasteiger partial charge in [-0.05, 0) is 41.3 Å². The largest absolute Gasteiger partial charge is 0.454 e. The number of pyridine rings is 1. The molecule has 0 aliphatic rings. The topological polar surface area (TPSA) is 40.8 Å². The fraction of sp³-hybridized carbons (Fsp3) is 0.0625. The van der Waals surface area contributed by atoms with E-state index in [2.05, 4.69) is 6.07 Å². The Hall–Kier alpha value is -4.75. The van der Waals surface area contributed by atoms with Crippen molar-refractivity contribution in [2.45, 2.75) is 6.92 Å². The Balaban J connectivity index is 1.64. The number of furan rings is 1. The van der Waals surface area contributed by atoms with Crippen LogP contribution < -0.4 is 4.57 Å². The van der Waals surface area contributed by atoms with Gasteiger partial charge in [0.25, 0.3) is 0 Å². The average molecular weight is 473 g/mol. The molecule has 0 saturated carbocycles. The SMILES string of the molecule is [2H]c1c(F)c([2H])c(-c2c(C)ccc3c2oc2c(-c4ccc(-c5ccccc5)cc4)cc(C#N)cc23)[n+](C)c1[2H]. The summed E-state index contributed by atoms with van der Waals surface area (Å²) in [7, 11) is 1.54. The first-order valence-corrected chi connectivity index (χ1v) is 11.5. The molecule has 0 N–H and O–H groups in total. The number of aryl methyl sites for hydroxylation is 1. The predicted octanol–water partition coefficient (Wildman–Crippen LogP) is 7.73. The number of benzene rings is 4. The highest BCUT2D eigenvalue weighted by atomic mass is 19.1. The standard InChI is InChI=1S/C32H22FN2O/c1-20-8-13-26-28-17-21(19-34)16-27(24-11-9-23(10-12-24)22-6-4-3-5-7-22)31(28)36-32(26)30(20)29-18-25(33)14-15-35(29)2/h3-18H,1-2H3/q+1/i14D,15D,18D. The number of aromatic nitrogens is 1. The molecule has 4 heteroatoms. The van der Waals surface area contributed by atoms with Gasteiger partial charge in [-0.1, -0.05) is 66.7 Å². The Bertz CT molecular complexity index is 1950. The molecule has 6 aromatic rings. The predicted molar refractivity (Wildman–Crippen MR) is 141 cm³/mol. The molecule has 0 atom stereocenters. The van der Waals surface area contributed by atoms with Gasteiger partial charge in [0.05, 0.1) is 19.9 Å². The fourth-order valence-corrected chi connectivity index (χ4v) is 4.72. The first-order chi connectivity index (χ1) is 18.8. The average Bonchev–Trinajstić information content (AvgIpc) is 3.34. The lowest BCUT2D eigenvalue weighted by Gasteiger charge is -2.06. The van der Waals surface area contributed by atoms with E-state index in [-0.39, 0.29) is 11.9 Å². The quantitative estimate of drug-likeness (QED) is 0.247. The molecule has 0 saturated heterocycles. The van der Waals surface area contributed by atoms with E-state index in [1.165, 1.54) is 4.57 Å². The summed E-state index contributed by atoms with van der Waals surface area (Å²) in [5, 5.41) is 11.3. The minimum absolute atomic E-state index is 0.157. The maximum atomic E-state index is 14.8. The lowest BCUT2D eigenvalue weighted by Crippen LogP contribution is -2.30. The van der Waals surface area contributed by atoms with Crippen LogP contribution in [0.2, 0.25) is 0 Å². The minimum Gasteiger partial charge on any atom is -0.454 e. The molecular weight excluding hydrogens is 447 g/mol. The number of nitriles is 1. The highest BCUT2D eigenvalue weighted by Gasteiger charge is 2.23. The maximum absolute atomic E-state index is 14.8. The van der Waals surface area contributed by atoms with Gasteiger partial charge in [0.2, 0.25) is 5.69 Å². The highest BCUT2D eigenvalue weighted by Crippen LogP contribution is 2.41. The van der Waals surface area contributed by atoms with Crippen LogP contribution in [0.1, 0.15) is 15.2 Å². The van der Waals surface area contributed by atoms with E-state index in [9.17, 15) is 9.65 Å². The van der Waals surface area contributed by atoms with Crippen molar-refractivity contribution >= 4 is 21.9 Å². The zero-order valence-corrected chi connectivity index (χ0v) is 19.7. The lowest BCUT2D eigenvalue weighted by atomic mass is 9.96. The third-order valence-corrected chi connectivity index (χ3v) is 6.52. The third kappa shape index (κ3) is 3.54. The van der Waals surface area contributed by atoms with Gasteiger partial charge in [-0.15, -0.1) is 0 Å². The van der Waals surface area contributed by atoms with E-state index in [1.54, 1.807) is 19.2 Å². The normalized spacial score (nSPS) is 12.3. The van der Waals surface area contributed by atoms with Crippen LogP contribution in [0.5, 0.6) is 0 Å².